The molecule has 390 valence electrons. The Bertz CT molecular complexity index is 1940. The average molecular weight is 990 g/mol. The van der Waals surface area contributed by atoms with Crippen molar-refractivity contribution in [3.05, 3.63) is 47.6 Å². The van der Waals surface area contributed by atoms with Crippen molar-refractivity contribution >= 4 is 36.6 Å². The first-order chi connectivity index (χ1) is 32.4. The van der Waals surface area contributed by atoms with Crippen molar-refractivity contribution in [2.24, 2.45) is 35.5 Å². The number of Topliss-reactive ketones (excluding diaryl/α,β-unsaturated/α-hetero) is 3. The SMILES string of the molecule is CO[C@H]1C[C@H]2CC[C@@H](C)[C@@](O)(O2)C(=O)C(=O)N2CCCC[C@H]2C(=O)O[C@H]([C@H](C)C[C@@H]2CCC(OP(C)(C)=O)[C@H](OC)C2)CC(=O)[C@H](C)/C=C(\C)[C@@H](O)[C@@H](OC)C(=O)[C@H](C)C[C@H](C)/C=C/C=C/C=C/1C. The second-order valence-electron chi connectivity index (χ2n) is 20.9. The molecule has 0 aromatic carbocycles. The van der Waals surface area contributed by atoms with Gasteiger partial charge in [-0.3, -0.25) is 23.7 Å². The predicted molar refractivity (Wildman–Crippen MR) is 263 cm³/mol. The number of allylic oxidation sites excluding steroid dienone is 6. The first kappa shape index (κ1) is 58.4. The number of piperidine rings is 1. The number of carbonyl (C=O) groups excluding carboxylic acids is 5. The summed E-state index contributed by atoms with van der Waals surface area (Å²) in [6, 6.07) is -1.16. The lowest BCUT2D eigenvalue weighted by Crippen LogP contribution is -2.61. The van der Waals surface area contributed by atoms with Crippen molar-refractivity contribution in [1.82, 2.24) is 4.90 Å². The summed E-state index contributed by atoms with van der Waals surface area (Å²) in [5.74, 6) is -8.11. The highest BCUT2D eigenvalue weighted by Crippen LogP contribution is 2.45. The minimum Gasteiger partial charge on any atom is -0.460 e. The highest BCUT2D eigenvalue weighted by atomic mass is 31.2. The van der Waals surface area contributed by atoms with Gasteiger partial charge in [0.2, 0.25) is 5.79 Å². The Kier molecular flexibility index (Phi) is 22.5. The normalized spacial score (nSPS) is 39.0. The summed E-state index contributed by atoms with van der Waals surface area (Å²) in [5.41, 5.74) is 1.25. The van der Waals surface area contributed by atoms with E-state index in [-0.39, 0.29) is 60.9 Å². The van der Waals surface area contributed by atoms with Crippen LogP contribution in [0.3, 0.4) is 0 Å². The molecule has 69 heavy (non-hydrogen) atoms. The minimum absolute atomic E-state index is 0.0117. The largest absolute Gasteiger partial charge is 0.460 e. The fourth-order valence-corrected chi connectivity index (χ4v) is 11.4. The Labute approximate surface area is 411 Å². The third-order valence-corrected chi connectivity index (χ3v) is 15.6. The van der Waals surface area contributed by atoms with Gasteiger partial charge >= 0.3 is 5.97 Å². The van der Waals surface area contributed by atoms with Crippen molar-refractivity contribution in [2.45, 2.75) is 180 Å². The van der Waals surface area contributed by atoms with Crippen molar-refractivity contribution in [1.29, 1.82) is 0 Å². The van der Waals surface area contributed by atoms with Gasteiger partial charge in [-0.25, -0.2) is 4.79 Å². The van der Waals surface area contributed by atoms with E-state index >= 15 is 0 Å². The molecule has 0 aromatic heterocycles. The van der Waals surface area contributed by atoms with Gasteiger partial charge in [-0.15, -0.1) is 0 Å². The molecule has 0 spiro atoms. The lowest BCUT2D eigenvalue weighted by molar-refractivity contribution is -0.265. The first-order valence-electron chi connectivity index (χ1n) is 25.2. The van der Waals surface area contributed by atoms with Crippen LogP contribution in [0.4, 0.5) is 0 Å². The second kappa shape index (κ2) is 26.5. The number of methoxy groups -OCH3 is 3. The Morgan fingerprint density at radius 1 is 0.855 bits per heavy atom. The molecule has 1 saturated carbocycles. The maximum Gasteiger partial charge on any atom is 0.329 e. The van der Waals surface area contributed by atoms with E-state index in [2.05, 4.69) is 0 Å². The van der Waals surface area contributed by atoms with Crippen LogP contribution >= 0.6 is 7.37 Å². The summed E-state index contributed by atoms with van der Waals surface area (Å²) >= 11 is 0. The van der Waals surface area contributed by atoms with Gasteiger partial charge in [0.15, 0.2) is 13.2 Å². The minimum atomic E-state index is -2.79. The topological polar surface area (TPSA) is 201 Å². The van der Waals surface area contributed by atoms with Gasteiger partial charge in [-0.05, 0) is 107 Å². The van der Waals surface area contributed by atoms with Crippen LogP contribution in [0, 0.1) is 35.5 Å². The molecule has 0 radical (unpaired) electrons. The predicted octanol–water partition coefficient (Wildman–Crippen LogP) is 7.74. The van der Waals surface area contributed by atoms with Gasteiger partial charge in [0.1, 0.15) is 30.1 Å². The fourth-order valence-electron chi connectivity index (χ4n) is 10.5. The molecule has 0 aromatic rings. The van der Waals surface area contributed by atoms with E-state index in [1.807, 2.05) is 58.1 Å². The molecular weight excluding hydrogens is 906 g/mol. The highest BCUT2D eigenvalue weighted by molar-refractivity contribution is 7.57. The van der Waals surface area contributed by atoms with Gasteiger partial charge in [-0.2, -0.15) is 0 Å². The van der Waals surface area contributed by atoms with Gasteiger partial charge in [-0.1, -0.05) is 71.1 Å². The second-order valence-corrected chi connectivity index (χ2v) is 23.6. The van der Waals surface area contributed by atoms with Crippen LogP contribution in [-0.2, 0) is 56.7 Å². The molecule has 3 aliphatic heterocycles. The number of rotatable bonds is 8. The third kappa shape index (κ3) is 16.2. The van der Waals surface area contributed by atoms with E-state index in [0.717, 1.165) is 12.0 Å². The molecule has 3 heterocycles. The Morgan fingerprint density at radius 2 is 1.57 bits per heavy atom. The summed E-state index contributed by atoms with van der Waals surface area (Å²) in [4.78, 5) is 72.2. The van der Waals surface area contributed by atoms with Crippen LogP contribution in [0.15, 0.2) is 47.6 Å². The number of aliphatic hydroxyl groups is 2. The summed E-state index contributed by atoms with van der Waals surface area (Å²) in [7, 11) is 1.76. The maximum atomic E-state index is 14.5. The number of fused-ring (bicyclic) bond motifs is 3. The van der Waals surface area contributed by atoms with Gasteiger partial charge in [0, 0.05) is 71.8 Å². The number of esters is 1. The standard InChI is InChI=1S/C53H84NO14P/c1-32-18-14-13-15-19-33(2)44(63-8)30-40-23-21-38(7)53(61,67-40)50(58)51(59)54-25-17-16-20-41(54)52(60)66-45(35(4)28-39-22-24-43(46(29-39)64-9)68-69(11,12)62)31-42(55)34(3)27-37(6)48(57)49(65-10)47(56)36(5)26-32/h13-15,18-19,27,32,34-36,38-41,43-46,48-49,57,61H,16-17,20-26,28-31H2,1-12H3/b15-13+,18-14+,33-19+,37-27+/t32-,34-,35-,36-,38-,39+,40-,41+,43?,44+,45+,46-,48-,49+,53-/m1/s1. The molecule has 4 rings (SSSR count). The molecule has 2 N–H and O–H groups in total. The molecule has 1 amide bonds. The Morgan fingerprint density at radius 3 is 2.22 bits per heavy atom. The monoisotopic (exact) mass is 990 g/mol. The molecule has 2 saturated heterocycles. The van der Waals surface area contributed by atoms with Crippen LogP contribution in [0.5, 0.6) is 0 Å². The van der Waals surface area contributed by atoms with E-state index in [0.29, 0.717) is 63.4 Å². The van der Waals surface area contributed by atoms with Crippen molar-refractivity contribution in [3.63, 3.8) is 0 Å². The molecule has 2 bridgehead atoms. The zero-order valence-electron chi connectivity index (χ0n) is 43.4. The molecular formula is C53H84NO14P. The smallest absolute Gasteiger partial charge is 0.329 e. The van der Waals surface area contributed by atoms with Gasteiger partial charge < -0.3 is 43.3 Å². The van der Waals surface area contributed by atoms with E-state index in [4.69, 9.17) is 28.2 Å². The molecule has 3 fully saturated rings. The third-order valence-electron chi connectivity index (χ3n) is 14.8. The highest BCUT2D eigenvalue weighted by Gasteiger charge is 2.53. The van der Waals surface area contributed by atoms with Crippen molar-refractivity contribution < 1.29 is 67.0 Å². The number of ketones is 3. The molecule has 16 heteroatoms. The number of nitrogens with zero attached hydrogens (tertiary/aromatic N) is 1. The van der Waals surface area contributed by atoms with E-state index < -0.39 is 85.1 Å². The fraction of sp³-hybridized carbons (Fsp3) is 0.755. The summed E-state index contributed by atoms with van der Waals surface area (Å²) < 4.78 is 48.2. The quantitative estimate of drug-likeness (QED) is 0.104. The van der Waals surface area contributed by atoms with Gasteiger partial charge in [0.05, 0.1) is 24.4 Å². The summed E-state index contributed by atoms with van der Waals surface area (Å²) in [6.45, 7) is 15.9. The van der Waals surface area contributed by atoms with Crippen molar-refractivity contribution in [3.8, 4) is 0 Å². The average Bonchev–Trinajstić information content (AvgIpc) is 3.30. The van der Waals surface area contributed by atoms with Crippen LogP contribution in [-0.4, -0.2) is 140 Å². The molecule has 15 atom stereocenters. The first-order valence-corrected chi connectivity index (χ1v) is 27.7. The van der Waals surface area contributed by atoms with E-state index in [1.165, 1.54) is 12.0 Å². The Hall–Kier alpha value is -3.14. The summed E-state index contributed by atoms with van der Waals surface area (Å²) in [5, 5.41) is 23.5. The Balaban J connectivity index is 1.70. The zero-order valence-corrected chi connectivity index (χ0v) is 44.3. The van der Waals surface area contributed by atoms with Crippen molar-refractivity contribution in [2.75, 3.05) is 41.2 Å². The van der Waals surface area contributed by atoms with E-state index in [9.17, 15) is 38.8 Å². The number of aliphatic hydroxyl groups excluding tert-OH is 1. The number of amides is 1. The van der Waals surface area contributed by atoms with E-state index in [1.54, 1.807) is 54.4 Å². The van der Waals surface area contributed by atoms with Gasteiger partial charge in [0.25, 0.3) is 11.7 Å². The summed E-state index contributed by atoms with van der Waals surface area (Å²) in [6.07, 6.45) is 11.4. The zero-order chi connectivity index (χ0) is 51.4. The number of carbonyl (C=O) groups is 5. The molecule has 1 aliphatic carbocycles. The molecule has 4 aliphatic rings. The number of cyclic esters (lactones) is 1. The lowest BCUT2D eigenvalue weighted by atomic mass is 9.78. The van der Waals surface area contributed by atoms with Crippen LogP contribution in [0.1, 0.15) is 126 Å². The number of hydrogen-bond donors (Lipinski definition) is 2. The van der Waals surface area contributed by atoms with Crippen LogP contribution in [0.25, 0.3) is 0 Å². The molecule has 15 nitrogen and oxygen atoms in total. The van der Waals surface area contributed by atoms with Crippen LogP contribution in [0.2, 0.25) is 0 Å². The van der Waals surface area contributed by atoms with Crippen LogP contribution < -0.4 is 0 Å². The maximum absolute atomic E-state index is 14.5. The molecule has 1 unspecified atom stereocenters. The number of ether oxygens (including phenoxy) is 5. The number of hydrogen-bond acceptors (Lipinski definition) is 14. The lowest BCUT2D eigenvalue weighted by Gasteiger charge is -2.42.